The van der Waals surface area contributed by atoms with Gasteiger partial charge in [-0.25, -0.2) is 0 Å². The highest BCUT2D eigenvalue weighted by Gasteiger charge is 2.02. The van der Waals surface area contributed by atoms with E-state index in [4.69, 9.17) is 10.5 Å². The maximum Gasteiger partial charge on any atom is 0.119 e. The fourth-order valence-electron chi connectivity index (χ4n) is 1.96. The summed E-state index contributed by atoms with van der Waals surface area (Å²) in [5.41, 5.74) is 10.2. The monoisotopic (exact) mass is 270 g/mol. The van der Waals surface area contributed by atoms with Gasteiger partial charge in [-0.05, 0) is 61.4 Å². The molecule has 0 aliphatic rings. The number of ether oxygens (including phenoxy) is 1. The highest BCUT2D eigenvalue weighted by Crippen LogP contribution is 2.17. The summed E-state index contributed by atoms with van der Waals surface area (Å²) < 4.78 is 5.79. The Labute approximate surface area is 121 Å². The van der Waals surface area contributed by atoms with Crippen molar-refractivity contribution in [3.8, 4) is 5.75 Å². The number of nitrogen functional groups attached to an aromatic ring is 1. The number of likely N-dealkylation sites (N-methyl/N-ethyl adjacent to an activating group) is 1. The lowest BCUT2D eigenvalue weighted by Gasteiger charge is -2.19. The van der Waals surface area contributed by atoms with Gasteiger partial charge in [0, 0.05) is 18.4 Å². The summed E-state index contributed by atoms with van der Waals surface area (Å²) in [6.45, 7) is 5.69. The van der Waals surface area contributed by atoms with Crippen LogP contribution in [-0.2, 0) is 0 Å². The lowest BCUT2D eigenvalue weighted by atomic mass is 10.1. The van der Waals surface area contributed by atoms with Crippen LogP contribution in [0.2, 0.25) is 0 Å². The molecular weight excluding hydrogens is 248 g/mol. The number of hydrogen-bond acceptors (Lipinski definition) is 3. The van der Waals surface area contributed by atoms with Gasteiger partial charge in [-0.15, -0.1) is 0 Å². The molecule has 2 aromatic carbocycles. The summed E-state index contributed by atoms with van der Waals surface area (Å²) in [6, 6.07) is 14.1. The Morgan fingerprint density at radius 3 is 2.35 bits per heavy atom. The molecule has 0 bridgehead atoms. The van der Waals surface area contributed by atoms with E-state index in [1.54, 1.807) is 0 Å². The van der Waals surface area contributed by atoms with Gasteiger partial charge < -0.3 is 15.4 Å². The average Bonchev–Trinajstić information content (AvgIpc) is 2.43. The maximum absolute atomic E-state index is 5.79. The largest absolute Gasteiger partial charge is 0.492 e. The molecule has 2 N–H and O–H groups in total. The number of aryl methyl sites for hydroxylation is 2. The minimum atomic E-state index is 0.656. The summed E-state index contributed by atoms with van der Waals surface area (Å²) in [7, 11) is 2.05. The van der Waals surface area contributed by atoms with Gasteiger partial charge in [-0.1, -0.05) is 6.07 Å². The number of nitrogens with two attached hydrogens (primary N) is 1. The Kier molecular flexibility index (Phi) is 4.51. The first kappa shape index (κ1) is 14.3. The molecule has 0 saturated carbocycles. The number of nitrogens with zero attached hydrogens (tertiary/aromatic N) is 1. The van der Waals surface area contributed by atoms with E-state index in [-0.39, 0.29) is 0 Å². The Morgan fingerprint density at radius 2 is 1.70 bits per heavy atom. The zero-order valence-electron chi connectivity index (χ0n) is 12.4. The van der Waals surface area contributed by atoms with E-state index in [2.05, 4.69) is 37.9 Å². The van der Waals surface area contributed by atoms with Crippen molar-refractivity contribution in [2.75, 3.05) is 30.8 Å². The van der Waals surface area contributed by atoms with E-state index in [9.17, 15) is 0 Å². The number of hydrogen-bond donors (Lipinski definition) is 1. The molecule has 0 saturated heterocycles. The zero-order valence-corrected chi connectivity index (χ0v) is 12.4. The van der Waals surface area contributed by atoms with Crippen molar-refractivity contribution < 1.29 is 4.74 Å². The summed E-state index contributed by atoms with van der Waals surface area (Å²) in [4.78, 5) is 2.15. The minimum absolute atomic E-state index is 0.656. The Morgan fingerprint density at radius 1 is 1.00 bits per heavy atom. The van der Waals surface area contributed by atoms with Crippen LogP contribution in [0.25, 0.3) is 0 Å². The molecule has 0 spiro atoms. The first-order valence-corrected chi connectivity index (χ1v) is 6.83. The van der Waals surface area contributed by atoms with Crippen molar-refractivity contribution >= 4 is 11.4 Å². The van der Waals surface area contributed by atoms with Crippen LogP contribution in [0.15, 0.2) is 42.5 Å². The number of rotatable bonds is 5. The third kappa shape index (κ3) is 3.67. The van der Waals surface area contributed by atoms with Crippen LogP contribution < -0.4 is 15.4 Å². The third-order valence-electron chi connectivity index (χ3n) is 3.51. The fraction of sp³-hybridized carbons (Fsp3) is 0.294. The van der Waals surface area contributed by atoms with Gasteiger partial charge in [0.2, 0.25) is 0 Å². The van der Waals surface area contributed by atoms with Gasteiger partial charge in [0.15, 0.2) is 0 Å². The van der Waals surface area contributed by atoms with Crippen molar-refractivity contribution in [2.45, 2.75) is 13.8 Å². The molecule has 106 valence electrons. The predicted octanol–water partition coefficient (Wildman–Crippen LogP) is 3.40. The van der Waals surface area contributed by atoms with E-state index >= 15 is 0 Å². The van der Waals surface area contributed by atoms with Crippen LogP contribution in [0.5, 0.6) is 5.75 Å². The van der Waals surface area contributed by atoms with E-state index < -0.39 is 0 Å². The minimum Gasteiger partial charge on any atom is -0.492 e. The summed E-state index contributed by atoms with van der Waals surface area (Å²) >= 11 is 0. The quantitative estimate of drug-likeness (QED) is 0.846. The molecule has 0 aliphatic carbocycles. The second kappa shape index (κ2) is 6.33. The molecule has 3 heteroatoms. The fourth-order valence-corrected chi connectivity index (χ4v) is 1.96. The molecule has 2 aromatic rings. The van der Waals surface area contributed by atoms with Crippen LogP contribution in [0.4, 0.5) is 11.4 Å². The highest BCUT2D eigenvalue weighted by atomic mass is 16.5. The maximum atomic E-state index is 5.79. The first-order valence-electron chi connectivity index (χ1n) is 6.83. The molecular formula is C17H22N2O. The van der Waals surface area contributed by atoms with E-state index in [1.165, 1.54) is 11.1 Å². The van der Waals surface area contributed by atoms with Gasteiger partial charge in [0.1, 0.15) is 12.4 Å². The third-order valence-corrected chi connectivity index (χ3v) is 3.51. The van der Waals surface area contributed by atoms with Gasteiger partial charge in [0.25, 0.3) is 0 Å². The molecule has 0 atom stereocenters. The average molecular weight is 270 g/mol. The van der Waals surface area contributed by atoms with E-state index in [0.29, 0.717) is 6.61 Å². The van der Waals surface area contributed by atoms with Crippen molar-refractivity contribution in [2.24, 2.45) is 0 Å². The zero-order chi connectivity index (χ0) is 14.5. The lowest BCUT2D eigenvalue weighted by molar-refractivity contribution is 0.325. The standard InChI is InChI=1S/C17H22N2O/c1-13-4-9-17(12-14(13)2)20-11-10-19(3)16-7-5-15(18)6-8-16/h4-9,12H,10-11,18H2,1-3H3. The Bertz CT molecular complexity index is 564. The second-order valence-corrected chi connectivity index (χ2v) is 5.11. The van der Waals surface area contributed by atoms with Crippen molar-refractivity contribution in [3.63, 3.8) is 0 Å². The van der Waals surface area contributed by atoms with Crippen LogP contribution >= 0.6 is 0 Å². The number of benzene rings is 2. The SMILES string of the molecule is Cc1ccc(OCCN(C)c2ccc(N)cc2)cc1C. The summed E-state index contributed by atoms with van der Waals surface area (Å²) in [6.07, 6.45) is 0. The molecule has 0 aliphatic heterocycles. The van der Waals surface area contributed by atoms with Crippen molar-refractivity contribution in [3.05, 3.63) is 53.6 Å². The Hall–Kier alpha value is -2.16. The van der Waals surface area contributed by atoms with Crippen LogP contribution in [-0.4, -0.2) is 20.2 Å². The van der Waals surface area contributed by atoms with Crippen molar-refractivity contribution in [1.82, 2.24) is 0 Å². The van der Waals surface area contributed by atoms with Gasteiger partial charge in [0.05, 0.1) is 6.54 Å². The van der Waals surface area contributed by atoms with Gasteiger partial charge >= 0.3 is 0 Å². The molecule has 0 heterocycles. The topological polar surface area (TPSA) is 38.5 Å². The normalized spacial score (nSPS) is 10.3. The predicted molar refractivity (Wildman–Crippen MR) is 85.5 cm³/mol. The van der Waals surface area contributed by atoms with Crippen LogP contribution in [0.3, 0.4) is 0 Å². The molecule has 0 amide bonds. The molecule has 3 nitrogen and oxygen atoms in total. The number of anilines is 2. The molecule has 0 aromatic heterocycles. The highest BCUT2D eigenvalue weighted by molar-refractivity contribution is 5.52. The Balaban J connectivity index is 1.86. The van der Waals surface area contributed by atoms with Gasteiger partial charge in [-0.2, -0.15) is 0 Å². The molecule has 0 unspecified atom stereocenters. The molecule has 2 rings (SSSR count). The summed E-state index contributed by atoms with van der Waals surface area (Å²) in [5.74, 6) is 0.929. The smallest absolute Gasteiger partial charge is 0.119 e. The van der Waals surface area contributed by atoms with E-state index in [1.807, 2.05) is 30.3 Å². The summed E-state index contributed by atoms with van der Waals surface area (Å²) in [5, 5.41) is 0. The van der Waals surface area contributed by atoms with Gasteiger partial charge in [-0.3, -0.25) is 0 Å². The molecule has 20 heavy (non-hydrogen) atoms. The van der Waals surface area contributed by atoms with E-state index in [0.717, 1.165) is 23.7 Å². The van der Waals surface area contributed by atoms with Crippen LogP contribution in [0, 0.1) is 13.8 Å². The molecule has 0 radical (unpaired) electrons. The lowest BCUT2D eigenvalue weighted by Crippen LogP contribution is -2.23. The van der Waals surface area contributed by atoms with Crippen LogP contribution in [0.1, 0.15) is 11.1 Å². The second-order valence-electron chi connectivity index (χ2n) is 5.11. The van der Waals surface area contributed by atoms with Crippen molar-refractivity contribution in [1.29, 1.82) is 0 Å². The molecule has 0 fully saturated rings. The first-order chi connectivity index (χ1) is 9.56.